The highest BCUT2D eigenvalue weighted by Crippen LogP contribution is 2.21. The average molecular weight is 290 g/mol. The Balaban J connectivity index is 2.21. The molecule has 0 bridgehead atoms. The van der Waals surface area contributed by atoms with E-state index in [-0.39, 0.29) is 5.56 Å². The summed E-state index contributed by atoms with van der Waals surface area (Å²) in [6.45, 7) is 3.35. The molecule has 2 aromatic rings. The van der Waals surface area contributed by atoms with Crippen molar-refractivity contribution in [1.29, 1.82) is 0 Å². The molecule has 0 saturated heterocycles. The second-order valence-corrected chi connectivity index (χ2v) is 4.90. The van der Waals surface area contributed by atoms with E-state index >= 15 is 0 Å². The van der Waals surface area contributed by atoms with Crippen LogP contribution in [0.3, 0.4) is 0 Å². The molecule has 0 aliphatic heterocycles. The third kappa shape index (κ3) is 3.18. The largest absolute Gasteiger partial charge is 0.398 e. The van der Waals surface area contributed by atoms with Crippen LogP contribution >= 0.6 is 0 Å². The van der Waals surface area contributed by atoms with Gasteiger partial charge in [-0.25, -0.2) is 8.78 Å². The normalized spacial score (nSPS) is 12.0. The van der Waals surface area contributed by atoms with Gasteiger partial charge in [-0.15, -0.1) is 0 Å². The molecular weight excluding hydrogens is 274 g/mol. The summed E-state index contributed by atoms with van der Waals surface area (Å²) in [6, 6.07) is 7.68. The summed E-state index contributed by atoms with van der Waals surface area (Å²) in [5.41, 5.74) is 7.29. The van der Waals surface area contributed by atoms with Crippen molar-refractivity contribution in [2.75, 3.05) is 5.73 Å². The van der Waals surface area contributed by atoms with Gasteiger partial charge in [0.2, 0.25) is 0 Å². The summed E-state index contributed by atoms with van der Waals surface area (Å²) in [5.74, 6) is -1.81. The fourth-order valence-corrected chi connectivity index (χ4v) is 2.06. The minimum atomic E-state index is -0.791. The van der Waals surface area contributed by atoms with Gasteiger partial charge in [0.15, 0.2) is 0 Å². The van der Waals surface area contributed by atoms with E-state index in [4.69, 9.17) is 5.73 Å². The smallest absolute Gasteiger partial charge is 0.251 e. The zero-order valence-electron chi connectivity index (χ0n) is 11.8. The van der Waals surface area contributed by atoms with E-state index in [0.29, 0.717) is 11.3 Å². The number of halogens is 2. The van der Waals surface area contributed by atoms with Crippen LogP contribution in [-0.4, -0.2) is 5.91 Å². The van der Waals surface area contributed by atoms with Crippen LogP contribution in [-0.2, 0) is 0 Å². The third-order valence-corrected chi connectivity index (χ3v) is 3.32. The Morgan fingerprint density at radius 1 is 1.19 bits per heavy atom. The van der Waals surface area contributed by atoms with E-state index in [1.807, 2.05) is 6.92 Å². The zero-order valence-corrected chi connectivity index (χ0v) is 11.8. The Bertz CT molecular complexity index is 666. The Hall–Kier alpha value is -2.43. The van der Waals surface area contributed by atoms with Crippen LogP contribution < -0.4 is 11.1 Å². The lowest BCUT2D eigenvalue weighted by Crippen LogP contribution is -2.28. The number of nitrogens with one attached hydrogen (secondary N) is 1. The average Bonchev–Trinajstić information content (AvgIpc) is 2.41. The molecule has 0 aromatic heterocycles. The highest BCUT2D eigenvalue weighted by molar-refractivity contribution is 5.95. The molecule has 2 aromatic carbocycles. The van der Waals surface area contributed by atoms with Crippen molar-refractivity contribution >= 4 is 11.6 Å². The quantitative estimate of drug-likeness (QED) is 0.852. The predicted molar refractivity (Wildman–Crippen MR) is 77.8 cm³/mol. The Kier molecular flexibility index (Phi) is 4.21. The molecule has 5 heteroatoms. The molecular formula is C16H16F2N2O. The number of rotatable bonds is 3. The maximum atomic E-state index is 13.7. The molecule has 0 aliphatic carbocycles. The van der Waals surface area contributed by atoms with Gasteiger partial charge < -0.3 is 11.1 Å². The van der Waals surface area contributed by atoms with Gasteiger partial charge >= 0.3 is 0 Å². The summed E-state index contributed by atoms with van der Waals surface area (Å²) < 4.78 is 27.3. The number of nitrogen functional groups attached to an aromatic ring is 1. The van der Waals surface area contributed by atoms with Gasteiger partial charge in [-0.05, 0) is 43.7 Å². The van der Waals surface area contributed by atoms with Crippen molar-refractivity contribution in [3.05, 3.63) is 64.7 Å². The fourth-order valence-electron chi connectivity index (χ4n) is 2.06. The number of anilines is 1. The van der Waals surface area contributed by atoms with E-state index in [0.717, 1.165) is 17.7 Å². The van der Waals surface area contributed by atoms with Gasteiger partial charge in [-0.3, -0.25) is 4.79 Å². The highest BCUT2D eigenvalue weighted by Gasteiger charge is 2.18. The van der Waals surface area contributed by atoms with E-state index < -0.39 is 23.6 Å². The van der Waals surface area contributed by atoms with Crippen molar-refractivity contribution in [2.24, 2.45) is 0 Å². The van der Waals surface area contributed by atoms with Crippen LogP contribution in [0.4, 0.5) is 14.5 Å². The Morgan fingerprint density at radius 2 is 1.81 bits per heavy atom. The second-order valence-electron chi connectivity index (χ2n) is 4.90. The van der Waals surface area contributed by atoms with Crippen molar-refractivity contribution in [2.45, 2.75) is 19.9 Å². The van der Waals surface area contributed by atoms with Crippen LogP contribution in [0.5, 0.6) is 0 Å². The van der Waals surface area contributed by atoms with E-state index in [1.54, 1.807) is 12.1 Å². The SMILES string of the molecule is Cc1ccc(C(=O)NC(C)c2c(F)cccc2F)cc1N. The third-order valence-electron chi connectivity index (χ3n) is 3.32. The molecule has 110 valence electrons. The summed E-state index contributed by atoms with van der Waals surface area (Å²) in [6.07, 6.45) is 0. The Morgan fingerprint density at radius 3 is 2.38 bits per heavy atom. The first kappa shape index (κ1) is 15.0. The second kappa shape index (κ2) is 5.91. The van der Waals surface area contributed by atoms with Crippen molar-refractivity contribution in [1.82, 2.24) is 5.32 Å². The van der Waals surface area contributed by atoms with Gasteiger partial charge in [0.05, 0.1) is 6.04 Å². The monoisotopic (exact) mass is 290 g/mol. The summed E-state index contributed by atoms with van der Waals surface area (Å²) >= 11 is 0. The lowest BCUT2D eigenvalue weighted by molar-refractivity contribution is 0.0939. The number of aryl methyl sites for hydroxylation is 1. The minimum absolute atomic E-state index is 0.161. The van der Waals surface area contributed by atoms with Crippen LogP contribution in [0.2, 0.25) is 0 Å². The van der Waals surface area contributed by atoms with Gasteiger partial charge in [0.25, 0.3) is 5.91 Å². The van der Waals surface area contributed by atoms with Crippen molar-refractivity contribution in [3.8, 4) is 0 Å². The van der Waals surface area contributed by atoms with Gasteiger partial charge in [-0.2, -0.15) is 0 Å². The van der Waals surface area contributed by atoms with Crippen LogP contribution in [0.15, 0.2) is 36.4 Å². The number of carbonyl (C=O) groups is 1. The standard InChI is InChI=1S/C16H16F2N2O/c1-9-6-7-11(8-14(9)19)16(21)20-10(2)15-12(17)4-3-5-13(15)18/h3-8,10H,19H2,1-2H3,(H,20,21). The first-order valence-corrected chi connectivity index (χ1v) is 6.51. The molecule has 1 unspecified atom stereocenters. The van der Waals surface area contributed by atoms with Crippen LogP contribution in [0.25, 0.3) is 0 Å². The highest BCUT2D eigenvalue weighted by atomic mass is 19.1. The molecule has 21 heavy (non-hydrogen) atoms. The number of benzene rings is 2. The first-order valence-electron chi connectivity index (χ1n) is 6.51. The maximum Gasteiger partial charge on any atom is 0.251 e. The predicted octanol–water partition coefficient (Wildman–Crippen LogP) is 3.35. The molecule has 1 atom stereocenters. The molecule has 0 fully saturated rings. The fraction of sp³-hybridized carbons (Fsp3) is 0.188. The number of hydrogen-bond acceptors (Lipinski definition) is 2. The number of amides is 1. The number of carbonyl (C=O) groups excluding carboxylic acids is 1. The molecule has 0 heterocycles. The van der Waals surface area contributed by atoms with Crippen LogP contribution in [0.1, 0.15) is 34.5 Å². The zero-order chi connectivity index (χ0) is 15.6. The summed E-state index contributed by atoms with van der Waals surface area (Å²) in [5, 5.41) is 2.57. The maximum absolute atomic E-state index is 13.7. The summed E-state index contributed by atoms with van der Waals surface area (Å²) in [4.78, 5) is 12.1. The lowest BCUT2D eigenvalue weighted by Gasteiger charge is -2.16. The summed E-state index contributed by atoms with van der Waals surface area (Å²) in [7, 11) is 0. The minimum Gasteiger partial charge on any atom is -0.398 e. The molecule has 3 nitrogen and oxygen atoms in total. The molecule has 1 amide bonds. The molecule has 0 radical (unpaired) electrons. The van der Waals surface area contributed by atoms with E-state index in [9.17, 15) is 13.6 Å². The molecule has 2 rings (SSSR count). The van der Waals surface area contributed by atoms with Crippen LogP contribution in [0, 0.1) is 18.6 Å². The van der Waals surface area contributed by atoms with Gasteiger partial charge in [-0.1, -0.05) is 12.1 Å². The Labute approximate surface area is 121 Å². The van der Waals surface area contributed by atoms with Gasteiger partial charge in [0.1, 0.15) is 11.6 Å². The van der Waals surface area contributed by atoms with Crippen molar-refractivity contribution in [3.63, 3.8) is 0 Å². The molecule has 0 saturated carbocycles. The van der Waals surface area contributed by atoms with Crippen molar-refractivity contribution < 1.29 is 13.6 Å². The molecule has 3 N–H and O–H groups in total. The van der Waals surface area contributed by atoms with E-state index in [1.165, 1.54) is 19.1 Å². The van der Waals surface area contributed by atoms with E-state index in [2.05, 4.69) is 5.32 Å². The number of nitrogens with two attached hydrogens (primary N) is 1. The first-order chi connectivity index (χ1) is 9.90. The topological polar surface area (TPSA) is 55.1 Å². The molecule has 0 aliphatic rings. The van der Waals surface area contributed by atoms with Gasteiger partial charge in [0, 0.05) is 16.8 Å². The lowest BCUT2D eigenvalue weighted by atomic mass is 10.1. The molecule has 0 spiro atoms. The number of hydrogen-bond donors (Lipinski definition) is 2.